The number of benzene rings is 2. The summed E-state index contributed by atoms with van der Waals surface area (Å²) in [6.45, 7) is 0. The summed E-state index contributed by atoms with van der Waals surface area (Å²) in [6.07, 6.45) is 6.62. The molecular formula is C16H11FN2. The average molecular weight is 250 g/mol. The van der Waals surface area contributed by atoms with Crippen molar-refractivity contribution in [3.8, 4) is 0 Å². The minimum atomic E-state index is -0.205. The molecule has 0 saturated carbocycles. The van der Waals surface area contributed by atoms with Crippen LogP contribution in [0.5, 0.6) is 0 Å². The predicted octanol–water partition coefficient (Wildman–Crippen LogP) is 3.94. The summed E-state index contributed by atoms with van der Waals surface area (Å²) < 4.78 is 14.3. The molecular weight excluding hydrogens is 239 g/mol. The lowest BCUT2D eigenvalue weighted by Gasteiger charge is -2.02. The molecule has 0 saturated heterocycles. The lowest BCUT2D eigenvalue weighted by Crippen LogP contribution is -1.85. The Hall–Kier alpha value is -2.55. The molecule has 3 aromatic rings. The van der Waals surface area contributed by atoms with Gasteiger partial charge in [-0.15, -0.1) is 0 Å². The second kappa shape index (κ2) is 4.98. The molecule has 0 amide bonds. The Kier molecular flexibility index (Phi) is 3.02. The van der Waals surface area contributed by atoms with Crippen LogP contribution in [0.2, 0.25) is 0 Å². The summed E-state index contributed by atoms with van der Waals surface area (Å²) in [5.74, 6) is -0.205. The van der Waals surface area contributed by atoms with Crippen LogP contribution in [0.4, 0.5) is 4.39 Å². The number of hydrogen-bond donors (Lipinski definition) is 0. The predicted molar refractivity (Wildman–Crippen MR) is 74.9 cm³/mol. The zero-order valence-electron chi connectivity index (χ0n) is 10.1. The van der Waals surface area contributed by atoms with E-state index in [-0.39, 0.29) is 5.82 Å². The number of halogens is 1. The summed E-state index contributed by atoms with van der Waals surface area (Å²) in [7, 11) is 0. The largest absolute Gasteiger partial charge is 0.245 e. The van der Waals surface area contributed by atoms with E-state index >= 15 is 0 Å². The highest BCUT2D eigenvalue weighted by atomic mass is 19.1. The molecule has 3 heteroatoms. The van der Waals surface area contributed by atoms with Crippen molar-refractivity contribution in [1.82, 2.24) is 9.97 Å². The van der Waals surface area contributed by atoms with Crippen LogP contribution in [0, 0.1) is 5.82 Å². The molecule has 19 heavy (non-hydrogen) atoms. The lowest BCUT2D eigenvalue weighted by molar-refractivity contribution is 0.637. The normalized spacial score (nSPS) is 11.2. The Morgan fingerprint density at radius 1 is 0.947 bits per heavy atom. The van der Waals surface area contributed by atoms with E-state index in [0.717, 1.165) is 11.1 Å². The molecule has 3 rings (SSSR count). The number of nitrogens with zero attached hydrogens (tertiary/aromatic N) is 2. The first-order valence-electron chi connectivity index (χ1n) is 5.96. The smallest absolute Gasteiger partial charge is 0.138 e. The minimum absolute atomic E-state index is 0.205. The van der Waals surface area contributed by atoms with E-state index in [1.54, 1.807) is 36.5 Å². The van der Waals surface area contributed by atoms with Gasteiger partial charge in [0.25, 0.3) is 0 Å². The Morgan fingerprint density at radius 2 is 1.84 bits per heavy atom. The molecule has 1 aromatic heterocycles. The Balaban J connectivity index is 2.02. The van der Waals surface area contributed by atoms with E-state index in [2.05, 4.69) is 9.97 Å². The van der Waals surface area contributed by atoms with Gasteiger partial charge in [-0.05, 0) is 23.6 Å². The van der Waals surface area contributed by atoms with Gasteiger partial charge >= 0.3 is 0 Å². The van der Waals surface area contributed by atoms with Gasteiger partial charge in [0.05, 0.1) is 5.69 Å². The van der Waals surface area contributed by atoms with E-state index in [9.17, 15) is 4.39 Å². The molecule has 1 heterocycles. The topological polar surface area (TPSA) is 25.8 Å². The monoisotopic (exact) mass is 250 g/mol. The van der Waals surface area contributed by atoms with Gasteiger partial charge in [0.15, 0.2) is 0 Å². The SMILES string of the molecule is Fc1c(/C=C/c2ccncn2)ccc2ccccc12. The average Bonchev–Trinajstić information content (AvgIpc) is 2.48. The van der Waals surface area contributed by atoms with Crippen molar-refractivity contribution < 1.29 is 4.39 Å². The minimum Gasteiger partial charge on any atom is -0.245 e. The van der Waals surface area contributed by atoms with E-state index in [0.29, 0.717) is 10.9 Å². The summed E-state index contributed by atoms with van der Waals surface area (Å²) >= 11 is 0. The van der Waals surface area contributed by atoms with Crippen LogP contribution in [0.3, 0.4) is 0 Å². The van der Waals surface area contributed by atoms with E-state index in [1.165, 1.54) is 6.33 Å². The van der Waals surface area contributed by atoms with Gasteiger partial charge in [0.2, 0.25) is 0 Å². The van der Waals surface area contributed by atoms with Gasteiger partial charge < -0.3 is 0 Å². The van der Waals surface area contributed by atoms with Crippen molar-refractivity contribution in [2.24, 2.45) is 0 Å². The first-order chi connectivity index (χ1) is 9.34. The van der Waals surface area contributed by atoms with Gasteiger partial charge in [0.1, 0.15) is 12.1 Å². The fourth-order valence-corrected chi connectivity index (χ4v) is 1.95. The molecule has 0 radical (unpaired) electrons. The zero-order valence-corrected chi connectivity index (χ0v) is 10.1. The standard InChI is InChI=1S/C16H11FN2/c17-16-13(7-8-14-9-10-18-11-19-14)6-5-12-3-1-2-4-15(12)16/h1-11H/b8-7+. The number of fused-ring (bicyclic) bond motifs is 1. The second-order valence-electron chi connectivity index (χ2n) is 4.16. The van der Waals surface area contributed by atoms with Crippen LogP contribution in [0.25, 0.3) is 22.9 Å². The Morgan fingerprint density at radius 3 is 2.68 bits per heavy atom. The highest BCUT2D eigenvalue weighted by Crippen LogP contribution is 2.22. The molecule has 92 valence electrons. The van der Waals surface area contributed by atoms with Crippen molar-refractivity contribution in [2.75, 3.05) is 0 Å². The first-order valence-corrected chi connectivity index (χ1v) is 5.96. The van der Waals surface area contributed by atoms with E-state index < -0.39 is 0 Å². The molecule has 0 fully saturated rings. The van der Waals surface area contributed by atoms with Gasteiger partial charge in [-0.25, -0.2) is 14.4 Å². The Labute approximate surface area is 110 Å². The van der Waals surface area contributed by atoms with E-state index in [1.807, 2.05) is 24.3 Å². The summed E-state index contributed by atoms with van der Waals surface area (Å²) in [4.78, 5) is 7.91. The van der Waals surface area contributed by atoms with Crippen LogP contribution in [-0.2, 0) is 0 Å². The molecule has 0 aliphatic heterocycles. The van der Waals surface area contributed by atoms with Gasteiger partial charge in [-0.3, -0.25) is 0 Å². The number of aromatic nitrogens is 2. The molecule has 0 N–H and O–H groups in total. The fraction of sp³-hybridized carbons (Fsp3) is 0. The van der Waals surface area contributed by atoms with Crippen LogP contribution in [-0.4, -0.2) is 9.97 Å². The molecule has 0 aliphatic rings. The van der Waals surface area contributed by atoms with Crippen LogP contribution in [0.15, 0.2) is 55.0 Å². The zero-order chi connectivity index (χ0) is 13.1. The number of rotatable bonds is 2. The number of hydrogen-bond acceptors (Lipinski definition) is 2. The Bertz CT molecular complexity index is 736. The van der Waals surface area contributed by atoms with Gasteiger partial charge in [-0.1, -0.05) is 36.4 Å². The third-order valence-corrected chi connectivity index (χ3v) is 2.93. The van der Waals surface area contributed by atoms with Crippen molar-refractivity contribution in [3.63, 3.8) is 0 Å². The third kappa shape index (κ3) is 2.36. The van der Waals surface area contributed by atoms with Gasteiger partial charge in [0, 0.05) is 17.1 Å². The maximum absolute atomic E-state index is 14.3. The fourth-order valence-electron chi connectivity index (χ4n) is 1.95. The molecule has 0 atom stereocenters. The van der Waals surface area contributed by atoms with Crippen molar-refractivity contribution >= 4 is 22.9 Å². The summed E-state index contributed by atoms with van der Waals surface area (Å²) in [5.41, 5.74) is 1.31. The maximum Gasteiger partial charge on any atom is 0.138 e. The quantitative estimate of drug-likeness (QED) is 0.688. The molecule has 0 bridgehead atoms. The van der Waals surface area contributed by atoms with Gasteiger partial charge in [-0.2, -0.15) is 0 Å². The van der Waals surface area contributed by atoms with Crippen LogP contribution < -0.4 is 0 Å². The van der Waals surface area contributed by atoms with Crippen molar-refractivity contribution in [2.45, 2.75) is 0 Å². The first kappa shape index (κ1) is 11.5. The van der Waals surface area contributed by atoms with E-state index in [4.69, 9.17) is 0 Å². The lowest BCUT2D eigenvalue weighted by atomic mass is 10.1. The molecule has 2 aromatic carbocycles. The maximum atomic E-state index is 14.3. The van der Waals surface area contributed by atoms with Crippen molar-refractivity contribution in [1.29, 1.82) is 0 Å². The molecule has 2 nitrogen and oxygen atoms in total. The highest BCUT2D eigenvalue weighted by molar-refractivity contribution is 5.86. The van der Waals surface area contributed by atoms with Crippen LogP contribution in [0.1, 0.15) is 11.3 Å². The molecule has 0 unspecified atom stereocenters. The second-order valence-corrected chi connectivity index (χ2v) is 4.16. The third-order valence-electron chi connectivity index (χ3n) is 2.93. The highest BCUT2D eigenvalue weighted by Gasteiger charge is 2.04. The molecule has 0 spiro atoms. The summed E-state index contributed by atoms with van der Waals surface area (Å²) in [5, 5.41) is 1.53. The molecule has 0 aliphatic carbocycles. The van der Waals surface area contributed by atoms with Crippen molar-refractivity contribution in [3.05, 3.63) is 72.1 Å². The van der Waals surface area contributed by atoms with Crippen LogP contribution >= 0.6 is 0 Å². The summed E-state index contributed by atoms with van der Waals surface area (Å²) in [6, 6.07) is 12.9.